The lowest BCUT2D eigenvalue weighted by molar-refractivity contribution is -0.138. The van der Waals surface area contributed by atoms with Crippen molar-refractivity contribution in [1.29, 1.82) is 0 Å². The first-order valence-electron chi connectivity index (χ1n) is 18.7. The van der Waals surface area contributed by atoms with E-state index in [4.69, 9.17) is 23.7 Å². The highest BCUT2D eigenvalue weighted by atomic mass is 16.5. The predicted octanol–water partition coefficient (Wildman–Crippen LogP) is 9.79. The molecule has 0 radical (unpaired) electrons. The molecule has 284 valence electrons. The Kier molecular flexibility index (Phi) is 19.2. The lowest BCUT2D eigenvalue weighted by Crippen LogP contribution is -2.11. The first-order valence-corrected chi connectivity index (χ1v) is 18.7. The van der Waals surface area contributed by atoms with Gasteiger partial charge in [0.2, 0.25) is 0 Å². The van der Waals surface area contributed by atoms with Crippen molar-refractivity contribution in [1.82, 2.24) is 0 Å². The Bertz CT molecular complexity index is 1640. The molecule has 0 bridgehead atoms. The van der Waals surface area contributed by atoms with Crippen LogP contribution in [0.5, 0.6) is 5.75 Å². The molecule has 0 atom stereocenters. The van der Waals surface area contributed by atoms with E-state index in [1.165, 1.54) is 32.1 Å². The van der Waals surface area contributed by atoms with Crippen LogP contribution < -0.4 is 4.74 Å². The predicted molar refractivity (Wildman–Crippen MR) is 207 cm³/mol. The lowest BCUT2D eigenvalue weighted by atomic mass is 9.96. The van der Waals surface area contributed by atoms with Crippen LogP contribution >= 0.6 is 0 Å². The van der Waals surface area contributed by atoms with Gasteiger partial charge in [-0.25, -0.2) is 19.2 Å². The van der Waals surface area contributed by atoms with Gasteiger partial charge in [-0.05, 0) is 85.0 Å². The fraction of sp³-hybridized carbons (Fsp3) is 0.409. The second-order valence-electron chi connectivity index (χ2n) is 12.7. The summed E-state index contributed by atoms with van der Waals surface area (Å²) < 4.78 is 27.2. The Hall–Kier alpha value is -5.18. The van der Waals surface area contributed by atoms with Crippen LogP contribution in [-0.4, -0.2) is 56.9 Å². The number of rotatable bonds is 25. The Morgan fingerprint density at radius 2 is 0.925 bits per heavy atom. The minimum atomic E-state index is -0.478. The molecule has 0 spiro atoms. The van der Waals surface area contributed by atoms with Gasteiger partial charge in [-0.2, -0.15) is 0 Å². The van der Waals surface area contributed by atoms with Crippen LogP contribution in [0.1, 0.15) is 104 Å². The average molecular weight is 727 g/mol. The Morgan fingerprint density at radius 3 is 1.45 bits per heavy atom. The van der Waals surface area contributed by atoms with Gasteiger partial charge in [0.15, 0.2) is 0 Å². The molecule has 0 saturated heterocycles. The first kappa shape index (κ1) is 42.2. The van der Waals surface area contributed by atoms with Crippen LogP contribution in [0.4, 0.5) is 0 Å². The van der Waals surface area contributed by atoms with Crippen molar-refractivity contribution in [3.8, 4) is 28.0 Å². The second kappa shape index (κ2) is 24.1. The van der Waals surface area contributed by atoms with Crippen molar-refractivity contribution >= 4 is 23.9 Å². The highest BCUT2D eigenvalue weighted by Crippen LogP contribution is 2.31. The maximum Gasteiger partial charge on any atom is 0.341 e. The van der Waals surface area contributed by atoms with E-state index < -0.39 is 23.9 Å². The maximum absolute atomic E-state index is 13.3. The summed E-state index contributed by atoms with van der Waals surface area (Å²) in [5, 5.41) is 0. The van der Waals surface area contributed by atoms with Crippen molar-refractivity contribution in [2.45, 2.75) is 84.5 Å². The van der Waals surface area contributed by atoms with Crippen LogP contribution in [-0.2, 0) is 28.5 Å². The highest BCUT2D eigenvalue weighted by Gasteiger charge is 2.17. The fourth-order valence-corrected chi connectivity index (χ4v) is 5.47. The number of hydrogen-bond donors (Lipinski definition) is 0. The van der Waals surface area contributed by atoms with Crippen molar-refractivity contribution in [2.75, 3.05) is 33.0 Å². The number of carbonyl (C=O) groups is 4. The quantitative estimate of drug-likeness (QED) is 0.0364. The zero-order valence-corrected chi connectivity index (χ0v) is 31.3. The molecule has 0 saturated carbocycles. The minimum Gasteiger partial charge on any atom is -0.493 e. The number of benzene rings is 3. The van der Waals surface area contributed by atoms with E-state index in [0.29, 0.717) is 49.2 Å². The van der Waals surface area contributed by atoms with Crippen molar-refractivity contribution in [3.63, 3.8) is 0 Å². The fourth-order valence-electron chi connectivity index (χ4n) is 5.47. The van der Waals surface area contributed by atoms with E-state index in [9.17, 15) is 19.2 Å². The van der Waals surface area contributed by atoms with Gasteiger partial charge in [0.05, 0.1) is 38.6 Å². The standard InChI is InChI=1S/C44H54O9/c1-5-8-9-10-11-12-13-26-49-40-25-24-37(32-39(40)44(48)53-30-17-15-28-51-42(46)7-3)35-22-20-34(21-23-35)36-19-18-33(4)38(31-36)43(47)52-29-16-14-27-50-41(45)6-2/h6-7,18-25,31-32H,2-3,5,8-17,26-30H2,1,4H3. The number of aryl methyl sites for hydroxylation is 1. The van der Waals surface area contributed by atoms with Crippen LogP contribution in [0.15, 0.2) is 86.0 Å². The first-order chi connectivity index (χ1) is 25.8. The molecular weight excluding hydrogens is 672 g/mol. The highest BCUT2D eigenvalue weighted by molar-refractivity contribution is 5.95. The van der Waals surface area contributed by atoms with Gasteiger partial charge in [-0.3, -0.25) is 0 Å². The van der Waals surface area contributed by atoms with Gasteiger partial charge in [0.25, 0.3) is 0 Å². The molecule has 9 heteroatoms. The largest absolute Gasteiger partial charge is 0.493 e. The third-order valence-electron chi connectivity index (χ3n) is 8.58. The number of esters is 4. The van der Waals surface area contributed by atoms with E-state index in [2.05, 4.69) is 20.1 Å². The topological polar surface area (TPSA) is 114 Å². The smallest absolute Gasteiger partial charge is 0.341 e. The summed E-state index contributed by atoms with van der Waals surface area (Å²) in [4.78, 5) is 48.6. The molecule has 0 aromatic heterocycles. The summed E-state index contributed by atoms with van der Waals surface area (Å²) >= 11 is 0. The molecule has 0 N–H and O–H groups in total. The Morgan fingerprint density at radius 1 is 0.509 bits per heavy atom. The van der Waals surface area contributed by atoms with Crippen LogP contribution in [0, 0.1) is 6.92 Å². The zero-order chi connectivity index (χ0) is 38.3. The van der Waals surface area contributed by atoms with E-state index in [-0.39, 0.29) is 26.4 Å². The normalized spacial score (nSPS) is 10.6. The number of carbonyl (C=O) groups excluding carboxylic acids is 4. The van der Waals surface area contributed by atoms with E-state index in [1.807, 2.05) is 61.5 Å². The van der Waals surface area contributed by atoms with Crippen molar-refractivity contribution < 1.29 is 42.9 Å². The molecule has 0 aliphatic rings. The molecule has 3 aromatic carbocycles. The molecule has 0 amide bonds. The summed E-state index contributed by atoms with van der Waals surface area (Å²) in [6.45, 7) is 12.2. The molecule has 53 heavy (non-hydrogen) atoms. The van der Waals surface area contributed by atoms with E-state index >= 15 is 0 Å². The monoisotopic (exact) mass is 726 g/mol. The van der Waals surface area contributed by atoms with Gasteiger partial charge >= 0.3 is 23.9 Å². The van der Waals surface area contributed by atoms with E-state index in [1.54, 1.807) is 6.07 Å². The maximum atomic E-state index is 13.3. The Labute approximate surface area is 314 Å². The summed E-state index contributed by atoms with van der Waals surface area (Å²) in [6.07, 6.45) is 12.6. The minimum absolute atomic E-state index is 0.180. The molecule has 3 rings (SSSR count). The van der Waals surface area contributed by atoms with Gasteiger partial charge in [-0.15, -0.1) is 0 Å². The molecule has 0 aliphatic heterocycles. The zero-order valence-electron chi connectivity index (χ0n) is 31.3. The van der Waals surface area contributed by atoms with Gasteiger partial charge < -0.3 is 23.7 Å². The molecule has 3 aromatic rings. The summed E-state index contributed by atoms with van der Waals surface area (Å²) in [5.74, 6) is -1.35. The third kappa shape index (κ3) is 15.1. The molecule has 0 fully saturated rings. The summed E-state index contributed by atoms with van der Waals surface area (Å²) in [5.41, 5.74) is 5.15. The molecule has 0 unspecified atom stereocenters. The van der Waals surface area contributed by atoms with Crippen LogP contribution in [0.25, 0.3) is 22.3 Å². The molecule has 0 aliphatic carbocycles. The third-order valence-corrected chi connectivity index (χ3v) is 8.58. The van der Waals surface area contributed by atoms with Gasteiger partial charge in [0, 0.05) is 12.2 Å². The van der Waals surface area contributed by atoms with Crippen molar-refractivity contribution in [3.05, 3.63) is 103 Å². The Balaban J connectivity index is 1.67. The number of unbranched alkanes of at least 4 members (excludes halogenated alkanes) is 8. The summed E-state index contributed by atoms with van der Waals surface area (Å²) in [6, 6.07) is 19.1. The van der Waals surface area contributed by atoms with E-state index in [0.717, 1.165) is 52.8 Å². The van der Waals surface area contributed by atoms with Crippen LogP contribution in [0.3, 0.4) is 0 Å². The average Bonchev–Trinajstić information content (AvgIpc) is 3.18. The molecule has 0 heterocycles. The number of hydrogen-bond acceptors (Lipinski definition) is 9. The van der Waals surface area contributed by atoms with Crippen molar-refractivity contribution in [2.24, 2.45) is 0 Å². The second-order valence-corrected chi connectivity index (χ2v) is 12.7. The van der Waals surface area contributed by atoms with Crippen LogP contribution in [0.2, 0.25) is 0 Å². The molecular formula is C44H54O9. The number of ether oxygens (including phenoxy) is 5. The SMILES string of the molecule is C=CC(=O)OCCCCOC(=O)c1cc(-c2ccc(-c3ccc(OCCCCCCCCC)c(C(=O)OCCCCOC(=O)C=C)c3)cc2)ccc1C. The lowest BCUT2D eigenvalue weighted by Gasteiger charge is -2.14. The molecule has 9 nitrogen and oxygen atoms in total. The summed E-state index contributed by atoms with van der Waals surface area (Å²) in [7, 11) is 0. The van der Waals surface area contributed by atoms with Gasteiger partial charge in [0.1, 0.15) is 11.3 Å². The van der Waals surface area contributed by atoms with Gasteiger partial charge in [-0.1, -0.05) is 101 Å².